The predicted molar refractivity (Wildman–Crippen MR) is 103 cm³/mol. The monoisotopic (exact) mass is 380 g/mol. The van der Waals surface area contributed by atoms with Crippen molar-refractivity contribution in [2.24, 2.45) is 0 Å². The fraction of sp³-hybridized carbons (Fsp3) is 0.450. The minimum atomic E-state index is 0.0852. The molecule has 0 radical (unpaired) electrons. The second-order valence-corrected chi connectivity index (χ2v) is 7.42. The molecule has 0 N–H and O–H groups in total. The first kappa shape index (κ1) is 18.3. The van der Waals surface area contributed by atoms with Crippen molar-refractivity contribution in [3.8, 4) is 11.3 Å². The van der Waals surface area contributed by atoms with Gasteiger partial charge in [-0.15, -0.1) is 0 Å². The van der Waals surface area contributed by atoms with E-state index in [0.717, 1.165) is 47.7 Å². The van der Waals surface area contributed by atoms with Gasteiger partial charge in [0.15, 0.2) is 5.76 Å². The third kappa shape index (κ3) is 3.67. The van der Waals surface area contributed by atoms with Gasteiger partial charge >= 0.3 is 0 Å². The number of aromatic nitrogens is 5. The average Bonchev–Trinajstić information content (AvgIpc) is 3.26. The van der Waals surface area contributed by atoms with Gasteiger partial charge in [0.2, 0.25) is 5.91 Å². The molecule has 146 valence electrons. The van der Waals surface area contributed by atoms with Crippen LogP contribution in [0.4, 0.5) is 0 Å². The zero-order chi connectivity index (χ0) is 19.7. The third-order valence-electron chi connectivity index (χ3n) is 5.19. The van der Waals surface area contributed by atoms with E-state index in [9.17, 15) is 4.79 Å². The lowest BCUT2D eigenvalue weighted by Crippen LogP contribution is -2.41. The van der Waals surface area contributed by atoms with E-state index in [1.54, 1.807) is 17.2 Å². The van der Waals surface area contributed by atoms with Crippen LogP contribution in [0.15, 0.2) is 29.2 Å². The van der Waals surface area contributed by atoms with Crippen LogP contribution < -0.4 is 0 Å². The van der Waals surface area contributed by atoms with Crippen molar-refractivity contribution in [2.75, 3.05) is 13.1 Å². The highest BCUT2D eigenvalue weighted by atomic mass is 16.5. The number of piperidine rings is 1. The van der Waals surface area contributed by atoms with Crippen LogP contribution >= 0.6 is 0 Å². The lowest BCUT2D eigenvalue weighted by Gasteiger charge is -2.33. The van der Waals surface area contributed by atoms with Gasteiger partial charge in [-0.2, -0.15) is 5.10 Å². The van der Waals surface area contributed by atoms with Crippen molar-refractivity contribution in [1.29, 1.82) is 0 Å². The Balaban J connectivity index is 1.53. The standard InChI is InChI=1S/C20H24N6O2/c1-13-7-15(3)26(23-13)11-19(27)25-6-4-5-16(10-25)20-17(9-21-12-22-20)18-8-14(2)24-28-18/h7-9,12,16H,4-6,10-11H2,1-3H3/t16-/m0/s1. The highest BCUT2D eigenvalue weighted by Crippen LogP contribution is 2.33. The van der Waals surface area contributed by atoms with Crippen molar-refractivity contribution in [2.45, 2.75) is 46.1 Å². The first-order chi connectivity index (χ1) is 13.5. The molecule has 0 aliphatic carbocycles. The van der Waals surface area contributed by atoms with Gasteiger partial charge in [0.25, 0.3) is 0 Å². The predicted octanol–water partition coefficient (Wildman–Crippen LogP) is 2.66. The Kier molecular flexibility index (Phi) is 4.93. The van der Waals surface area contributed by atoms with Gasteiger partial charge in [0.1, 0.15) is 12.9 Å². The number of rotatable bonds is 4. The van der Waals surface area contributed by atoms with Gasteiger partial charge in [-0.3, -0.25) is 9.48 Å². The summed E-state index contributed by atoms with van der Waals surface area (Å²) in [4.78, 5) is 23.5. The fourth-order valence-corrected chi connectivity index (χ4v) is 3.83. The Hall–Kier alpha value is -3.03. The molecule has 3 aromatic rings. The van der Waals surface area contributed by atoms with E-state index in [1.165, 1.54) is 0 Å². The smallest absolute Gasteiger partial charge is 0.244 e. The second-order valence-electron chi connectivity index (χ2n) is 7.42. The second kappa shape index (κ2) is 7.53. The van der Waals surface area contributed by atoms with Crippen LogP contribution in [0.3, 0.4) is 0 Å². The maximum atomic E-state index is 12.9. The maximum absolute atomic E-state index is 12.9. The fourth-order valence-electron chi connectivity index (χ4n) is 3.83. The van der Waals surface area contributed by atoms with Crippen molar-refractivity contribution < 1.29 is 9.32 Å². The number of nitrogens with zero attached hydrogens (tertiary/aromatic N) is 6. The van der Waals surface area contributed by atoms with Gasteiger partial charge in [-0.1, -0.05) is 5.16 Å². The summed E-state index contributed by atoms with van der Waals surface area (Å²) in [5.41, 5.74) is 4.50. The van der Waals surface area contributed by atoms with Crippen molar-refractivity contribution in [3.63, 3.8) is 0 Å². The summed E-state index contributed by atoms with van der Waals surface area (Å²) in [6, 6.07) is 3.87. The van der Waals surface area contributed by atoms with E-state index >= 15 is 0 Å². The van der Waals surface area contributed by atoms with E-state index in [4.69, 9.17) is 4.52 Å². The number of likely N-dealkylation sites (tertiary alicyclic amines) is 1. The van der Waals surface area contributed by atoms with Gasteiger partial charge < -0.3 is 9.42 Å². The Morgan fingerprint density at radius 1 is 1.25 bits per heavy atom. The number of aryl methyl sites for hydroxylation is 3. The molecule has 1 fully saturated rings. The molecule has 28 heavy (non-hydrogen) atoms. The molecule has 1 aliphatic rings. The van der Waals surface area contributed by atoms with E-state index in [1.807, 2.05) is 37.8 Å². The summed E-state index contributed by atoms with van der Waals surface area (Å²) in [6.07, 6.45) is 5.23. The number of amides is 1. The summed E-state index contributed by atoms with van der Waals surface area (Å²) in [5, 5.41) is 8.38. The Morgan fingerprint density at radius 3 is 2.82 bits per heavy atom. The first-order valence-corrected chi connectivity index (χ1v) is 9.53. The molecule has 8 heteroatoms. The molecule has 0 saturated carbocycles. The van der Waals surface area contributed by atoms with E-state index in [2.05, 4.69) is 20.2 Å². The van der Waals surface area contributed by atoms with Crippen molar-refractivity contribution in [3.05, 3.63) is 47.4 Å². The van der Waals surface area contributed by atoms with Crippen LogP contribution in [0.1, 0.15) is 41.5 Å². The molecular formula is C20H24N6O2. The largest absolute Gasteiger partial charge is 0.356 e. The SMILES string of the molecule is Cc1cc(-c2cncnc2[C@H]2CCCN(C(=O)Cn3nc(C)cc3C)C2)on1. The minimum Gasteiger partial charge on any atom is -0.356 e. The summed E-state index contributed by atoms with van der Waals surface area (Å²) in [6.45, 7) is 7.46. The normalized spacial score (nSPS) is 17.1. The molecular weight excluding hydrogens is 356 g/mol. The molecule has 0 aromatic carbocycles. The molecule has 1 saturated heterocycles. The van der Waals surface area contributed by atoms with Crippen molar-refractivity contribution in [1.82, 2.24) is 29.8 Å². The average molecular weight is 380 g/mol. The van der Waals surface area contributed by atoms with Crippen molar-refractivity contribution >= 4 is 5.91 Å². The van der Waals surface area contributed by atoms with Gasteiger partial charge in [-0.25, -0.2) is 9.97 Å². The molecule has 0 spiro atoms. The molecule has 1 atom stereocenters. The molecule has 0 bridgehead atoms. The minimum absolute atomic E-state index is 0.0852. The van der Waals surface area contributed by atoms with Crippen LogP contribution in [0.2, 0.25) is 0 Å². The summed E-state index contributed by atoms with van der Waals surface area (Å²) < 4.78 is 7.20. The van der Waals surface area contributed by atoms with Gasteiger partial charge in [0, 0.05) is 37.0 Å². The Morgan fingerprint density at radius 2 is 2.11 bits per heavy atom. The Bertz CT molecular complexity index is 992. The van der Waals surface area contributed by atoms with Gasteiger partial charge in [-0.05, 0) is 39.7 Å². The quantitative estimate of drug-likeness (QED) is 0.691. The van der Waals surface area contributed by atoms with E-state index in [-0.39, 0.29) is 18.4 Å². The molecule has 0 unspecified atom stereocenters. The molecule has 4 heterocycles. The van der Waals surface area contributed by atoms with Crippen LogP contribution in [0, 0.1) is 20.8 Å². The zero-order valence-corrected chi connectivity index (χ0v) is 16.4. The van der Waals surface area contributed by atoms with Gasteiger partial charge in [0.05, 0.1) is 22.6 Å². The lowest BCUT2D eigenvalue weighted by atomic mass is 9.91. The number of hydrogen-bond acceptors (Lipinski definition) is 6. The highest BCUT2D eigenvalue weighted by molar-refractivity contribution is 5.76. The Labute approximate surface area is 163 Å². The third-order valence-corrected chi connectivity index (χ3v) is 5.19. The van der Waals surface area contributed by atoms with E-state index < -0.39 is 0 Å². The van der Waals surface area contributed by atoms with Crippen LogP contribution in [-0.2, 0) is 11.3 Å². The molecule has 1 aliphatic heterocycles. The van der Waals surface area contributed by atoms with Crippen LogP contribution in [0.25, 0.3) is 11.3 Å². The molecule has 1 amide bonds. The molecule has 4 rings (SSSR count). The zero-order valence-electron chi connectivity index (χ0n) is 16.4. The number of hydrogen-bond donors (Lipinski definition) is 0. The summed E-state index contributed by atoms with van der Waals surface area (Å²) >= 11 is 0. The number of carbonyl (C=O) groups is 1. The summed E-state index contributed by atoms with van der Waals surface area (Å²) in [7, 11) is 0. The maximum Gasteiger partial charge on any atom is 0.244 e. The highest BCUT2D eigenvalue weighted by Gasteiger charge is 2.28. The number of carbonyl (C=O) groups excluding carboxylic acids is 1. The first-order valence-electron chi connectivity index (χ1n) is 9.53. The van der Waals surface area contributed by atoms with E-state index in [0.29, 0.717) is 12.3 Å². The molecule has 8 nitrogen and oxygen atoms in total. The topological polar surface area (TPSA) is 89.9 Å². The molecule has 3 aromatic heterocycles. The van der Waals surface area contributed by atoms with Crippen LogP contribution in [-0.4, -0.2) is 48.8 Å². The van der Waals surface area contributed by atoms with Crippen LogP contribution in [0.5, 0.6) is 0 Å². The lowest BCUT2D eigenvalue weighted by molar-refractivity contribution is -0.133. The summed E-state index contributed by atoms with van der Waals surface area (Å²) in [5.74, 6) is 0.891.